The Morgan fingerprint density at radius 1 is 1.12 bits per heavy atom. The van der Waals surface area contributed by atoms with Gasteiger partial charge in [0.15, 0.2) is 17.7 Å². The summed E-state index contributed by atoms with van der Waals surface area (Å²) in [6.07, 6.45) is -9.30. The molecule has 5 rings (SSSR count). The number of aliphatic hydroxyl groups is 1. The largest absolute Gasteiger partial charge is 0.457 e. The van der Waals surface area contributed by atoms with Gasteiger partial charge in [0, 0.05) is 31.2 Å². The van der Waals surface area contributed by atoms with Gasteiger partial charge < -0.3 is 49.6 Å². The van der Waals surface area contributed by atoms with E-state index < -0.39 is 95.9 Å². The van der Waals surface area contributed by atoms with Crippen LogP contribution in [0.3, 0.4) is 0 Å². The number of Topliss-reactive ketones (excluding diaryl/α,β-unsaturated/α-hetero) is 1. The zero-order valence-electron chi connectivity index (χ0n) is 30.7. The first-order valence-corrected chi connectivity index (χ1v) is 17.7. The summed E-state index contributed by atoms with van der Waals surface area (Å²) in [5.41, 5.74) is -4.03. The molecule has 0 aromatic rings. The number of nitrogens with zero attached hydrogens (tertiary/aromatic N) is 1. The topological polar surface area (TPSA) is 157 Å². The van der Waals surface area contributed by atoms with Crippen molar-refractivity contribution in [3.05, 3.63) is 0 Å². The molecule has 16 heteroatoms. The first-order chi connectivity index (χ1) is 23.1. The van der Waals surface area contributed by atoms with Crippen molar-refractivity contribution in [2.45, 2.75) is 140 Å². The van der Waals surface area contributed by atoms with Crippen LogP contribution in [-0.4, -0.2) is 134 Å². The number of aliphatic hydroxyl groups excluding tert-OH is 1. The standard InChI is InChI=1S/C34H57F3N4O9/c1-10-23-33(7)25(40-30(45)50-33)20(4)39-15-18(2)14-32(6)27(19(3)26(43)31(5,11-12-46-32)29(44)48-23)49-28-24(42)22(41(8)9)13-21(47-28)16-38-17-34(35,36)37/h18-25,27-28,38-39,42H,10-17H2,1-9H3,(H,40,45)/t18-,19+,20-,21+,22+,23-,24-,25-,27-,28+,31+,32-,33-/m1/s1. The molecule has 0 aliphatic carbocycles. The second-order valence-electron chi connectivity index (χ2n) is 15.6. The number of carbonyl (C=O) groups excluding carboxylic acids is 3. The highest BCUT2D eigenvalue weighted by Crippen LogP contribution is 2.43. The number of likely N-dealkylation sites (N-methyl/N-ethyl adjacent to an activating group) is 1. The van der Waals surface area contributed by atoms with Gasteiger partial charge in [-0.2, -0.15) is 13.2 Å². The highest BCUT2D eigenvalue weighted by atomic mass is 19.4. The SMILES string of the molecule is CC[C@H]1OC(=O)[C@@]2(C)CCO[C@](C)(C[C@@H](C)CN[C@H](C)[C@H]3NC(=O)O[C@@]31C)[C@H](O[C@@H]1O[C@H](CNCC(F)(F)F)C[C@H](N(C)C)[C@H]1O)[C@@H](C)C2=O. The molecule has 5 aliphatic heterocycles. The molecule has 5 heterocycles. The van der Waals surface area contributed by atoms with E-state index >= 15 is 0 Å². The summed E-state index contributed by atoms with van der Waals surface area (Å²) in [5.74, 6) is -2.28. The quantitative estimate of drug-likeness (QED) is 0.225. The lowest BCUT2D eigenvalue weighted by Gasteiger charge is -2.49. The van der Waals surface area contributed by atoms with Crippen LogP contribution >= 0.6 is 0 Å². The summed E-state index contributed by atoms with van der Waals surface area (Å²) >= 11 is 0. The molecular weight excluding hydrogens is 665 g/mol. The second kappa shape index (κ2) is 15.5. The number of fused-ring (bicyclic) bond motifs is 10. The minimum atomic E-state index is -4.41. The van der Waals surface area contributed by atoms with E-state index in [9.17, 15) is 32.7 Å². The van der Waals surface area contributed by atoms with E-state index in [0.717, 1.165) is 0 Å². The maximum absolute atomic E-state index is 14.6. The van der Waals surface area contributed by atoms with Crippen LogP contribution in [0.25, 0.3) is 0 Å². The van der Waals surface area contributed by atoms with Gasteiger partial charge in [-0.25, -0.2) is 4.79 Å². The number of amides is 1. The number of hydrogen-bond acceptors (Lipinski definition) is 12. The number of esters is 1. The highest BCUT2D eigenvalue weighted by Gasteiger charge is 2.58. The van der Waals surface area contributed by atoms with Gasteiger partial charge >= 0.3 is 18.2 Å². The van der Waals surface area contributed by atoms with Gasteiger partial charge in [-0.15, -0.1) is 0 Å². The van der Waals surface area contributed by atoms with Crippen molar-refractivity contribution in [3.63, 3.8) is 0 Å². The van der Waals surface area contributed by atoms with Crippen molar-refractivity contribution in [1.29, 1.82) is 0 Å². The Balaban J connectivity index is 1.72. The van der Waals surface area contributed by atoms with E-state index in [1.165, 1.54) is 6.92 Å². The summed E-state index contributed by atoms with van der Waals surface area (Å²) in [6, 6.07) is -1.39. The number of halogens is 3. The second-order valence-corrected chi connectivity index (χ2v) is 15.6. The molecule has 0 aromatic heterocycles. The van der Waals surface area contributed by atoms with Gasteiger partial charge in [-0.3, -0.25) is 9.59 Å². The Kier molecular flexibility index (Phi) is 12.6. The lowest BCUT2D eigenvalue weighted by Crippen LogP contribution is -2.62. The maximum atomic E-state index is 14.6. The van der Waals surface area contributed by atoms with Crippen LogP contribution in [0.15, 0.2) is 0 Å². The number of carbonyl (C=O) groups is 3. The van der Waals surface area contributed by atoms with Gasteiger partial charge in [0.2, 0.25) is 0 Å². The van der Waals surface area contributed by atoms with Crippen molar-refractivity contribution in [2.75, 3.05) is 40.3 Å². The smallest absolute Gasteiger partial charge is 0.408 e. The van der Waals surface area contributed by atoms with Crippen molar-refractivity contribution in [2.24, 2.45) is 17.3 Å². The van der Waals surface area contributed by atoms with E-state index in [1.807, 2.05) is 27.7 Å². The Bertz CT molecular complexity index is 1230. The maximum Gasteiger partial charge on any atom is 0.408 e. The lowest BCUT2D eigenvalue weighted by atomic mass is 9.70. The Hall–Kier alpha value is -2.08. The van der Waals surface area contributed by atoms with Crippen LogP contribution in [0.5, 0.6) is 0 Å². The molecule has 5 saturated heterocycles. The molecule has 0 aromatic carbocycles. The third-order valence-electron chi connectivity index (χ3n) is 11.1. The fourth-order valence-corrected chi connectivity index (χ4v) is 8.28. The van der Waals surface area contributed by atoms with Gasteiger partial charge in [-0.1, -0.05) is 20.8 Å². The van der Waals surface area contributed by atoms with Crippen LogP contribution in [-0.2, 0) is 33.3 Å². The molecular formula is C34H57F3N4O9. The van der Waals surface area contributed by atoms with Crippen molar-refractivity contribution >= 4 is 17.8 Å². The molecule has 288 valence electrons. The third-order valence-corrected chi connectivity index (χ3v) is 11.1. The molecule has 50 heavy (non-hydrogen) atoms. The molecule has 0 spiro atoms. The number of ketones is 1. The number of alkyl halides is 3. The molecule has 4 N–H and O–H groups in total. The fraction of sp³-hybridized carbons (Fsp3) is 0.912. The van der Waals surface area contributed by atoms with Crippen LogP contribution < -0.4 is 16.0 Å². The zero-order valence-corrected chi connectivity index (χ0v) is 30.7. The molecule has 0 radical (unpaired) electrons. The first-order valence-electron chi connectivity index (χ1n) is 17.7. The first kappa shape index (κ1) is 40.7. The van der Waals surface area contributed by atoms with E-state index in [4.69, 9.17) is 23.7 Å². The van der Waals surface area contributed by atoms with Crippen LogP contribution in [0.2, 0.25) is 0 Å². The van der Waals surface area contributed by atoms with E-state index in [1.54, 1.807) is 32.8 Å². The van der Waals surface area contributed by atoms with Crippen molar-refractivity contribution in [1.82, 2.24) is 20.9 Å². The van der Waals surface area contributed by atoms with Gasteiger partial charge in [0.25, 0.3) is 0 Å². The number of nitrogens with one attached hydrogen (secondary N) is 3. The van der Waals surface area contributed by atoms with E-state index in [-0.39, 0.29) is 38.0 Å². The molecule has 13 atom stereocenters. The minimum absolute atomic E-state index is 0.00256. The number of alkyl carbamates (subject to hydrolysis) is 1. The normalized spacial score (nSPS) is 43.7. The molecule has 2 bridgehead atoms. The third kappa shape index (κ3) is 8.58. The van der Waals surface area contributed by atoms with Crippen molar-refractivity contribution < 1.29 is 56.3 Å². The Morgan fingerprint density at radius 3 is 2.42 bits per heavy atom. The number of hydrogen-bond donors (Lipinski definition) is 4. The highest BCUT2D eigenvalue weighted by molar-refractivity contribution is 6.04. The van der Waals surface area contributed by atoms with Gasteiger partial charge in [0.1, 0.15) is 17.6 Å². The molecule has 5 aliphatic rings. The van der Waals surface area contributed by atoms with Crippen LogP contribution in [0, 0.1) is 17.3 Å². The van der Waals surface area contributed by atoms with Crippen LogP contribution in [0.4, 0.5) is 18.0 Å². The fourth-order valence-electron chi connectivity index (χ4n) is 8.28. The molecule has 0 unspecified atom stereocenters. The zero-order chi connectivity index (χ0) is 37.4. The monoisotopic (exact) mass is 722 g/mol. The summed E-state index contributed by atoms with van der Waals surface area (Å²) in [7, 11) is 3.50. The summed E-state index contributed by atoms with van der Waals surface area (Å²) in [5, 5.41) is 20.2. The number of ether oxygens (including phenoxy) is 5. The average molecular weight is 723 g/mol. The average Bonchev–Trinajstić information content (AvgIpc) is 3.34. The predicted molar refractivity (Wildman–Crippen MR) is 175 cm³/mol. The van der Waals surface area contributed by atoms with Crippen LogP contribution in [0.1, 0.15) is 74.1 Å². The Labute approximate surface area is 293 Å². The van der Waals surface area contributed by atoms with Gasteiger partial charge in [-0.05, 0) is 79.9 Å². The Morgan fingerprint density at radius 2 is 1.80 bits per heavy atom. The minimum Gasteiger partial charge on any atom is -0.457 e. The predicted octanol–water partition coefficient (Wildman–Crippen LogP) is 2.53. The number of rotatable bonds is 7. The summed E-state index contributed by atoms with van der Waals surface area (Å²) < 4.78 is 70.0. The molecule has 5 fully saturated rings. The lowest BCUT2D eigenvalue weighted by molar-refractivity contribution is -0.301. The van der Waals surface area contributed by atoms with Crippen molar-refractivity contribution in [3.8, 4) is 0 Å². The van der Waals surface area contributed by atoms with Gasteiger partial charge in [0.05, 0.1) is 30.4 Å². The van der Waals surface area contributed by atoms with E-state index in [0.29, 0.717) is 19.4 Å². The van der Waals surface area contributed by atoms with E-state index in [2.05, 4.69) is 16.0 Å². The summed E-state index contributed by atoms with van der Waals surface area (Å²) in [4.78, 5) is 43.0. The summed E-state index contributed by atoms with van der Waals surface area (Å²) in [6.45, 7) is 11.6. The molecule has 13 nitrogen and oxygen atoms in total. The molecule has 1 amide bonds. The molecule has 0 saturated carbocycles.